The number of nitro benzene ring substituents is 1. The van der Waals surface area contributed by atoms with Crippen molar-refractivity contribution in [2.75, 3.05) is 7.11 Å². The first kappa shape index (κ1) is 15.8. The van der Waals surface area contributed by atoms with Crippen molar-refractivity contribution in [1.82, 2.24) is 0 Å². The minimum absolute atomic E-state index is 0.0849. The van der Waals surface area contributed by atoms with Gasteiger partial charge >= 0.3 is 5.69 Å². The van der Waals surface area contributed by atoms with E-state index in [0.29, 0.717) is 10.2 Å². The zero-order valence-electron chi connectivity index (χ0n) is 11.0. The second-order valence-corrected chi connectivity index (χ2v) is 5.86. The van der Waals surface area contributed by atoms with Crippen LogP contribution in [-0.4, -0.2) is 12.0 Å². The van der Waals surface area contributed by atoms with Gasteiger partial charge in [-0.15, -0.1) is 0 Å². The van der Waals surface area contributed by atoms with Crippen LogP contribution in [-0.2, 0) is 6.61 Å². The standard InChI is InChI=1S/C14H11Br2NO4/c1-20-13-6-5-10(15)7-9(13)8-21-14-11(16)3-2-4-12(14)17(18)19/h2-7H,8H2,1H3. The third-order valence-corrected chi connectivity index (χ3v) is 3.88. The van der Waals surface area contributed by atoms with E-state index in [1.807, 2.05) is 12.1 Å². The van der Waals surface area contributed by atoms with Crippen LogP contribution < -0.4 is 9.47 Å². The van der Waals surface area contributed by atoms with Crippen LogP contribution in [0, 0.1) is 10.1 Å². The Morgan fingerprint density at radius 1 is 1.24 bits per heavy atom. The number of methoxy groups -OCH3 is 1. The lowest BCUT2D eigenvalue weighted by Crippen LogP contribution is -2.01. The summed E-state index contributed by atoms with van der Waals surface area (Å²) in [6.07, 6.45) is 0. The Morgan fingerprint density at radius 3 is 2.67 bits per heavy atom. The number of benzene rings is 2. The number of hydrogen-bond acceptors (Lipinski definition) is 4. The van der Waals surface area contributed by atoms with E-state index in [4.69, 9.17) is 9.47 Å². The molecule has 7 heteroatoms. The third kappa shape index (κ3) is 3.74. The predicted octanol–water partition coefficient (Wildman–Crippen LogP) is 4.71. The molecule has 21 heavy (non-hydrogen) atoms. The van der Waals surface area contributed by atoms with Gasteiger partial charge in [0, 0.05) is 16.1 Å². The van der Waals surface area contributed by atoms with E-state index >= 15 is 0 Å². The molecule has 0 aliphatic carbocycles. The van der Waals surface area contributed by atoms with E-state index in [-0.39, 0.29) is 18.0 Å². The molecule has 0 saturated heterocycles. The first-order chi connectivity index (χ1) is 10.0. The maximum atomic E-state index is 11.0. The number of halogens is 2. The van der Waals surface area contributed by atoms with Crippen LogP contribution in [0.4, 0.5) is 5.69 Å². The van der Waals surface area contributed by atoms with E-state index in [0.717, 1.165) is 10.0 Å². The Hall–Kier alpha value is -1.60. The monoisotopic (exact) mass is 415 g/mol. The Morgan fingerprint density at radius 2 is 2.00 bits per heavy atom. The molecule has 0 radical (unpaired) electrons. The maximum Gasteiger partial charge on any atom is 0.312 e. The minimum atomic E-state index is -0.474. The Bertz CT molecular complexity index is 676. The van der Waals surface area contributed by atoms with Crippen molar-refractivity contribution in [3.05, 3.63) is 61.0 Å². The molecule has 0 spiro atoms. The number of para-hydroxylation sites is 1. The SMILES string of the molecule is COc1ccc(Br)cc1COc1c(Br)cccc1[N+](=O)[O-]. The van der Waals surface area contributed by atoms with Crippen molar-refractivity contribution < 1.29 is 14.4 Å². The second-order valence-electron chi connectivity index (χ2n) is 4.09. The van der Waals surface area contributed by atoms with Crippen LogP contribution in [0.3, 0.4) is 0 Å². The van der Waals surface area contributed by atoms with Gasteiger partial charge in [0.15, 0.2) is 0 Å². The van der Waals surface area contributed by atoms with E-state index in [9.17, 15) is 10.1 Å². The minimum Gasteiger partial charge on any atom is -0.496 e. The van der Waals surface area contributed by atoms with Crippen LogP contribution in [0.2, 0.25) is 0 Å². The molecule has 110 valence electrons. The largest absolute Gasteiger partial charge is 0.496 e. The van der Waals surface area contributed by atoms with Gasteiger partial charge in [-0.1, -0.05) is 22.0 Å². The molecule has 0 aliphatic heterocycles. The predicted molar refractivity (Wildman–Crippen MR) is 85.8 cm³/mol. The van der Waals surface area contributed by atoms with Crippen LogP contribution in [0.5, 0.6) is 11.5 Å². The van der Waals surface area contributed by atoms with Crippen LogP contribution in [0.15, 0.2) is 45.3 Å². The fourth-order valence-corrected chi connectivity index (χ4v) is 2.67. The molecule has 0 heterocycles. The van der Waals surface area contributed by atoms with Crippen molar-refractivity contribution >= 4 is 37.5 Å². The topological polar surface area (TPSA) is 61.6 Å². The van der Waals surface area contributed by atoms with E-state index in [1.165, 1.54) is 6.07 Å². The van der Waals surface area contributed by atoms with E-state index in [1.54, 1.807) is 25.3 Å². The number of nitro groups is 1. The van der Waals surface area contributed by atoms with Crippen molar-refractivity contribution in [2.45, 2.75) is 6.61 Å². The van der Waals surface area contributed by atoms with Gasteiger partial charge in [-0.3, -0.25) is 10.1 Å². The van der Waals surface area contributed by atoms with Gasteiger partial charge in [-0.2, -0.15) is 0 Å². The average Bonchev–Trinajstić information content (AvgIpc) is 2.45. The highest BCUT2D eigenvalue weighted by molar-refractivity contribution is 9.10. The summed E-state index contributed by atoms with van der Waals surface area (Å²) in [5.41, 5.74) is 0.704. The normalized spacial score (nSPS) is 10.2. The highest BCUT2D eigenvalue weighted by Crippen LogP contribution is 2.36. The lowest BCUT2D eigenvalue weighted by Gasteiger charge is -2.12. The lowest BCUT2D eigenvalue weighted by atomic mass is 10.2. The van der Waals surface area contributed by atoms with Gasteiger partial charge in [0.2, 0.25) is 5.75 Å². The summed E-state index contributed by atoms with van der Waals surface area (Å²) in [5.74, 6) is 0.859. The molecule has 0 N–H and O–H groups in total. The number of rotatable bonds is 5. The fourth-order valence-electron chi connectivity index (χ4n) is 1.79. The van der Waals surface area contributed by atoms with Crippen LogP contribution in [0.25, 0.3) is 0 Å². The van der Waals surface area contributed by atoms with Crippen molar-refractivity contribution in [2.24, 2.45) is 0 Å². The quantitative estimate of drug-likeness (QED) is 0.523. The third-order valence-electron chi connectivity index (χ3n) is 2.76. The summed E-state index contributed by atoms with van der Waals surface area (Å²) in [6, 6.07) is 10.2. The number of hydrogen-bond donors (Lipinski definition) is 0. The van der Waals surface area contributed by atoms with Crippen molar-refractivity contribution in [3.63, 3.8) is 0 Å². The Balaban J connectivity index is 2.28. The lowest BCUT2D eigenvalue weighted by molar-refractivity contribution is -0.386. The van der Waals surface area contributed by atoms with E-state index < -0.39 is 4.92 Å². The molecule has 0 atom stereocenters. The first-order valence-electron chi connectivity index (χ1n) is 5.91. The van der Waals surface area contributed by atoms with E-state index in [2.05, 4.69) is 31.9 Å². The second kappa shape index (κ2) is 6.91. The van der Waals surface area contributed by atoms with Crippen molar-refractivity contribution in [1.29, 1.82) is 0 Å². The molecular formula is C14H11Br2NO4. The smallest absolute Gasteiger partial charge is 0.312 e. The van der Waals surface area contributed by atoms with Gasteiger partial charge in [0.25, 0.3) is 0 Å². The molecule has 0 fully saturated rings. The first-order valence-corrected chi connectivity index (χ1v) is 7.49. The molecule has 2 rings (SSSR count). The van der Waals surface area contributed by atoms with Crippen molar-refractivity contribution in [3.8, 4) is 11.5 Å². The molecule has 0 bridgehead atoms. The molecule has 0 saturated carbocycles. The summed E-state index contributed by atoms with van der Waals surface area (Å²) in [7, 11) is 1.56. The van der Waals surface area contributed by atoms with Gasteiger partial charge in [0.05, 0.1) is 16.5 Å². The maximum absolute atomic E-state index is 11.0. The molecule has 0 aromatic heterocycles. The molecule has 2 aromatic carbocycles. The fraction of sp³-hybridized carbons (Fsp3) is 0.143. The zero-order valence-corrected chi connectivity index (χ0v) is 14.2. The summed E-state index contributed by atoms with van der Waals surface area (Å²) in [6.45, 7) is 0.159. The average molecular weight is 417 g/mol. The molecule has 0 amide bonds. The summed E-state index contributed by atoms with van der Waals surface area (Å²) >= 11 is 6.64. The Labute approximate surface area is 138 Å². The molecule has 2 aromatic rings. The molecule has 0 aliphatic rings. The van der Waals surface area contributed by atoms with Crippen LogP contribution in [0.1, 0.15) is 5.56 Å². The molecule has 0 unspecified atom stereocenters. The highest BCUT2D eigenvalue weighted by Gasteiger charge is 2.18. The summed E-state index contributed by atoms with van der Waals surface area (Å²) in [5, 5.41) is 11.0. The van der Waals surface area contributed by atoms with Gasteiger partial charge < -0.3 is 9.47 Å². The number of ether oxygens (including phenoxy) is 2. The number of nitrogens with zero attached hydrogens (tertiary/aromatic N) is 1. The van der Waals surface area contributed by atoms with Gasteiger partial charge in [-0.05, 0) is 40.2 Å². The summed E-state index contributed by atoms with van der Waals surface area (Å²) in [4.78, 5) is 10.6. The van der Waals surface area contributed by atoms with Gasteiger partial charge in [-0.25, -0.2) is 0 Å². The van der Waals surface area contributed by atoms with Crippen LogP contribution >= 0.6 is 31.9 Å². The zero-order chi connectivity index (χ0) is 15.4. The summed E-state index contributed by atoms with van der Waals surface area (Å²) < 4.78 is 12.3. The molecule has 5 nitrogen and oxygen atoms in total. The highest BCUT2D eigenvalue weighted by atomic mass is 79.9. The Kier molecular flexibility index (Phi) is 5.19. The van der Waals surface area contributed by atoms with Gasteiger partial charge in [0.1, 0.15) is 12.4 Å². The molecular weight excluding hydrogens is 406 g/mol.